The number of rotatable bonds is 5. The number of nitrogens with two attached hydrogens (primary N) is 1. The van der Waals surface area contributed by atoms with E-state index in [1.807, 2.05) is 0 Å². The van der Waals surface area contributed by atoms with Gasteiger partial charge in [0.05, 0.1) is 4.90 Å². The monoisotopic (exact) mass is 250 g/mol. The average Bonchev–Trinajstić information content (AvgIpc) is 2.22. The molecule has 0 radical (unpaired) electrons. The van der Waals surface area contributed by atoms with Crippen molar-refractivity contribution in [1.29, 1.82) is 0 Å². The maximum atomic E-state index is 12.8. The molecule has 0 aliphatic rings. The first-order valence-corrected chi connectivity index (χ1v) is 6.10. The van der Waals surface area contributed by atoms with Gasteiger partial charge < -0.3 is 5.73 Å². The summed E-state index contributed by atoms with van der Waals surface area (Å²) in [4.78, 5) is -0.302. The first kappa shape index (κ1) is 13.0. The number of benzene rings is 1. The number of hydrogen-bond donors (Lipinski definition) is 2. The summed E-state index contributed by atoms with van der Waals surface area (Å²) in [5.41, 5.74) is 5.20. The Hall–Kier alpha value is -1.05. The van der Waals surface area contributed by atoms with Crippen molar-refractivity contribution in [2.45, 2.75) is 11.3 Å². The van der Waals surface area contributed by atoms with Crippen LogP contribution in [0.1, 0.15) is 6.42 Å². The lowest BCUT2D eigenvalue weighted by atomic mass is 10.3. The minimum atomic E-state index is -3.78. The van der Waals surface area contributed by atoms with Crippen LogP contribution in [0.15, 0.2) is 23.1 Å². The van der Waals surface area contributed by atoms with E-state index in [1.165, 1.54) is 0 Å². The van der Waals surface area contributed by atoms with Crippen LogP contribution in [0.2, 0.25) is 0 Å². The third kappa shape index (κ3) is 3.22. The summed E-state index contributed by atoms with van der Waals surface area (Å²) >= 11 is 0. The van der Waals surface area contributed by atoms with E-state index in [2.05, 4.69) is 4.72 Å². The van der Waals surface area contributed by atoms with Crippen LogP contribution in [0.25, 0.3) is 0 Å². The molecule has 0 atom stereocenters. The van der Waals surface area contributed by atoms with Gasteiger partial charge in [0.1, 0.15) is 0 Å². The first-order valence-electron chi connectivity index (χ1n) is 4.62. The van der Waals surface area contributed by atoms with Crippen LogP contribution in [0.3, 0.4) is 0 Å². The molecule has 16 heavy (non-hydrogen) atoms. The largest absolute Gasteiger partial charge is 0.330 e. The summed E-state index contributed by atoms with van der Waals surface area (Å²) in [6.07, 6.45) is 0.475. The predicted octanol–water partition coefficient (Wildman–Crippen LogP) is 0.592. The molecule has 0 fully saturated rings. The molecule has 0 aromatic heterocycles. The van der Waals surface area contributed by atoms with Crippen LogP contribution in [-0.2, 0) is 10.0 Å². The third-order valence-electron chi connectivity index (χ3n) is 1.87. The second-order valence-electron chi connectivity index (χ2n) is 3.12. The van der Waals surface area contributed by atoms with Gasteiger partial charge in [-0.3, -0.25) is 0 Å². The molecular weight excluding hydrogens is 238 g/mol. The van der Waals surface area contributed by atoms with E-state index in [1.54, 1.807) is 0 Å². The van der Waals surface area contributed by atoms with E-state index in [0.717, 1.165) is 12.1 Å². The quantitative estimate of drug-likeness (QED) is 0.751. The van der Waals surface area contributed by atoms with E-state index >= 15 is 0 Å². The number of hydrogen-bond acceptors (Lipinski definition) is 3. The Morgan fingerprint density at radius 3 is 2.50 bits per heavy atom. The lowest BCUT2D eigenvalue weighted by Crippen LogP contribution is -2.26. The second-order valence-corrected chi connectivity index (χ2v) is 4.88. The minimum Gasteiger partial charge on any atom is -0.330 e. The Balaban J connectivity index is 2.86. The Morgan fingerprint density at radius 1 is 1.25 bits per heavy atom. The van der Waals surface area contributed by atoms with Crippen LogP contribution < -0.4 is 10.5 Å². The molecule has 0 amide bonds. The molecule has 4 nitrogen and oxygen atoms in total. The van der Waals surface area contributed by atoms with Crippen molar-refractivity contribution < 1.29 is 17.2 Å². The lowest BCUT2D eigenvalue weighted by Gasteiger charge is -2.06. The van der Waals surface area contributed by atoms with Gasteiger partial charge in [-0.05, 0) is 31.2 Å². The van der Waals surface area contributed by atoms with Crippen LogP contribution in [0, 0.1) is 11.6 Å². The molecule has 0 bridgehead atoms. The van der Waals surface area contributed by atoms with Gasteiger partial charge in [-0.1, -0.05) is 0 Å². The molecule has 3 N–H and O–H groups in total. The molecule has 0 aliphatic carbocycles. The molecule has 0 saturated heterocycles. The highest BCUT2D eigenvalue weighted by molar-refractivity contribution is 7.89. The van der Waals surface area contributed by atoms with E-state index in [9.17, 15) is 17.2 Å². The van der Waals surface area contributed by atoms with Crippen molar-refractivity contribution in [3.8, 4) is 0 Å². The van der Waals surface area contributed by atoms with Gasteiger partial charge in [0.2, 0.25) is 10.0 Å². The fourth-order valence-corrected chi connectivity index (χ4v) is 2.12. The molecule has 1 rings (SSSR count). The van der Waals surface area contributed by atoms with Crippen LogP contribution >= 0.6 is 0 Å². The Morgan fingerprint density at radius 2 is 1.94 bits per heavy atom. The highest BCUT2D eigenvalue weighted by Crippen LogP contribution is 2.13. The standard InChI is InChI=1S/C9H12F2N2O2S/c10-8-3-2-7(6-9(8)11)16(14,15)13-5-1-4-12/h2-3,6,13H,1,4-5,12H2. The Labute approximate surface area is 92.5 Å². The summed E-state index contributed by atoms with van der Waals surface area (Å²) in [6.45, 7) is 0.512. The van der Waals surface area contributed by atoms with Crippen molar-refractivity contribution in [3.63, 3.8) is 0 Å². The Kier molecular flexibility index (Phi) is 4.34. The number of nitrogens with one attached hydrogen (secondary N) is 1. The smallest absolute Gasteiger partial charge is 0.240 e. The van der Waals surface area contributed by atoms with Gasteiger partial charge in [-0.15, -0.1) is 0 Å². The third-order valence-corrected chi connectivity index (χ3v) is 3.33. The normalized spacial score (nSPS) is 11.7. The van der Waals surface area contributed by atoms with Gasteiger partial charge in [-0.2, -0.15) is 0 Å². The molecule has 1 aromatic carbocycles. The average molecular weight is 250 g/mol. The zero-order chi connectivity index (χ0) is 12.2. The molecule has 0 saturated carbocycles. The van der Waals surface area contributed by atoms with Crippen LogP contribution in [0.4, 0.5) is 8.78 Å². The summed E-state index contributed by atoms with van der Waals surface area (Å²) in [5, 5.41) is 0. The lowest BCUT2D eigenvalue weighted by molar-refractivity contribution is 0.504. The van der Waals surface area contributed by atoms with Gasteiger partial charge in [0.25, 0.3) is 0 Å². The van der Waals surface area contributed by atoms with E-state index in [4.69, 9.17) is 5.73 Å². The molecule has 0 heterocycles. The van der Waals surface area contributed by atoms with Gasteiger partial charge >= 0.3 is 0 Å². The summed E-state index contributed by atoms with van der Waals surface area (Å²) in [5.74, 6) is -2.28. The molecule has 0 spiro atoms. The molecule has 90 valence electrons. The zero-order valence-corrected chi connectivity index (χ0v) is 9.23. The van der Waals surface area contributed by atoms with Gasteiger partial charge in [0.15, 0.2) is 11.6 Å². The maximum Gasteiger partial charge on any atom is 0.240 e. The van der Waals surface area contributed by atoms with Crippen molar-refractivity contribution in [1.82, 2.24) is 4.72 Å². The fraction of sp³-hybridized carbons (Fsp3) is 0.333. The molecular formula is C9H12F2N2O2S. The van der Waals surface area contributed by atoms with Gasteiger partial charge in [0, 0.05) is 6.54 Å². The molecule has 0 aliphatic heterocycles. The maximum absolute atomic E-state index is 12.8. The highest BCUT2D eigenvalue weighted by Gasteiger charge is 2.15. The summed E-state index contributed by atoms with van der Waals surface area (Å²) in [7, 11) is -3.78. The van der Waals surface area contributed by atoms with E-state index < -0.39 is 21.7 Å². The summed E-state index contributed by atoms with van der Waals surface area (Å²) < 4.78 is 50.7. The van der Waals surface area contributed by atoms with Crippen molar-refractivity contribution in [2.75, 3.05) is 13.1 Å². The van der Waals surface area contributed by atoms with E-state index in [-0.39, 0.29) is 11.4 Å². The van der Waals surface area contributed by atoms with Crippen LogP contribution in [-0.4, -0.2) is 21.5 Å². The van der Waals surface area contributed by atoms with Crippen molar-refractivity contribution in [2.24, 2.45) is 5.73 Å². The fourth-order valence-electron chi connectivity index (χ4n) is 1.04. The molecule has 1 aromatic rings. The summed E-state index contributed by atoms with van der Waals surface area (Å²) in [6, 6.07) is 2.41. The van der Waals surface area contributed by atoms with Crippen molar-refractivity contribution >= 4 is 10.0 Å². The van der Waals surface area contributed by atoms with Crippen molar-refractivity contribution in [3.05, 3.63) is 29.8 Å². The predicted molar refractivity (Wildman–Crippen MR) is 55.2 cm³/mol. The second kappa shape index (κ2) is 5.33. The molecule has 0 unspecified atom stereocenters. The highest BCUT2D eigenvalue weighted by atomic mass is 32.2. The van der Waals surface area contributed by atoms with Gasteiger partial charge in [-0.25, -0.2) is 21.9 Å². The zero-order valence-electron chi connectivity index (χ0n) is 8.41. The first-order chi connectivity index (χ1) is 7.47. The topological polar surface area (TPSA) is 72.2 Å². The number of halogens is 2. The number of sulfonamides is 1. The molecule has 7 heteroatoms. The SMILES string of the molecule is NCCCNS(=O)(=O)c1ccc(F)c(F)c1. The van der Waals surface area contributed by atoms with Crippen LogP contribution in [0.5, 0.6) is 0 Å². The van der Waals surface area contributed by atoms with E-state index in [0.29, 0.717) is 19.0 Å². The Bertz CT molecular complexity index is 463. The minimum absolute atomic E-state index is 0.165.